The third kappa shape index (κ3) is 2.97. The Morgan fingerprint density at radius 1 is 1.19 bits per heavy atom. The van der Waals surface area contributed by atoms with Gasteiger partial charge in [0.2, 0.25) is 0 Å². The number of nitrogens with zero attached hydrogens (tertiary/aromatic N) is 1. The van der Waals surface area contributed by atoms with E-state index in [-0.39, 0.29) is 23.0 Å². The van der Waals surface area contributed by atoms with Crippen LogP contribution in [0.1, 0.15) is 48.0 Å². The van der Waals surface area contributed by atoms with Gasteiger partial charge in [-0.1, -0.05) is 20.8 Å². The zero-order chi connectivity index (χ0) is 12.6. The van der Waals surface area contributed by atoms with Gasteiger partial charge in [-0.05, 0) is 32.6 Å². The van der Waals surface area contributed by atoms with Gasteiger partial charge >= 0.3 is 5.97 Å². The minimum Gasteiger partial charge on any atom is -0.464 e. The number of hydrogen-bond donors (Lipinski definition) is 0. The van der Waals surface area contributed by atoms with E-state index in [2.05, 4.69) is 46.4 Å². The average molecular weight is 227 g/mol. The molecule has 0 amide bonds. The van der Waals surface area contributed by atoms with Gasteiger partial charge in [0.25, 0.3) is 0 Å². The second kappa shape index (κ2) is 4.36. The van der Waals surface area contributed by atoms with Crippen molar-refractivity contribution in [1.82, 2.24) is 4.90 Å². The van der Waals surface area contributed by atoms with Crippen LogP contribution in [0.25, 0.3) is 0 Å². The van der Waals surface area contributed by atoms with Crippen LogP contribution in [0.3, 0.4) is 0 Å². The van der Waals surface area contributed by atoms with Gasteiger partial charge in [-0.2, -0.15) is 0 Å². The van der Waals surface area contributed by atoms with Crippen LogP contribution < -0.4 is 0 Å². The monoisotopic (exact) mass is 227 g/mol. The number of cyclic esters (lactones) is 1. The maximum absolute atomic E-state index is 12.1. The predicted octanol–water partition coefficient (Wildman–Crippen LogP) is 2.45. The molecule has 0 N–H and O–H groups in total. The second-order valence-corrected chi connectivity index (χ2v) is 6.65. The summed E-state index contributed by atoms with van der Waals surface area (Å²) < 4.78 is 5.29. The molecule has 1 heterocycles. The molecule has 0 unspecified atom stereocenters. The van der Waals surface area contributed by atoms with E-state index in [1.54, 1.807) is 0 Å². The Balaban J connectivity index is 3.05. The highest BCUT2D eigenvalue weighted by atomic mass is 16.5. The predicted molar refractivity (Wildman–Crippen MR) is 65.3 cm³/mol. The lowest BCUT2D eigenvalue weighted by Gasteiger charge is -2.44. The van der Waals surface area contributed by atoms with Crippen LogP contribution in [0.4, 0.5) is 0 Å². The molecule has 94 valence electrons. The molecule has 1 rings (SSSR count). The molecule has 3 heteroatoms. The first-order valence-corrected chi connectivity index (χ1v) is 6.07. The largest absolute Gasteiger partial charge is 0.464 e. The highest BCUT2D eigenvalue weighted by Crippen LogP contribution is 2.32. The fourth-order valence-electron chi connectivity index (χ4n) is 2.29. The summed E-state index contributed by atoms with van der Waals surface area (Å²) in [6.45, 7) is 14.3. The van der Waals surface area contributed by atoms with Crippen molar-refractivity contribution in [2.45, 2.75) is 59.5 Å². The smallest absolute Gasteiger partial charge is 0.323 e. The molecule has 0 radical (unpaired) electrons. The Labute approximate surface area is 99.1 Å². The van der Waals surface area contributed by atoms with Gasteiger partial charge in [0, 0.05) is 12.1 Å². The fourth-order valence-corrected chi connectivity index (χ4v) is 2.29. The quantitative estimate of drug-likeness (QED) is 0.595. The first-order valence-electron chi connectivity index (χ1n) is 6.07. The van der Waals surface area contributed by atoms with Crippen molar-refractivity contribution in [2.75, 3.05) is 13.2 Å². The number of rotatable bonds is 0. The zero-order valence-corrected chi connectivity index (χ0v) is 11.5. The van der Waals surface area contributed by atoms with Gasteiger partial charge in [-0.25, -0.2) is 0 Å². The van der Waals surface area contributed by atoms with Gasteiger partial charge < -0.3 is 4.74 Å². The van der Waals surface area contributed by atoms with Crippen molar-refractivity contribution in [3.05, 3.63) is 0 Å². The van der Waals surface area contributed by atoms with Crippen LogP contribution in [0.5, 0.6) is 0 Å². The summed E-state index contributed by atoms with van der Waals surface area (Å²) in [7, 11) is 0. The third-order valence-corrected chi connectivity index (χ3v) is 3.00. The molecule has 1 aliphatic rings. The maximum atomic E-state index is 12.1. The maximum Gasteiger partial charge on any atom is 0.323 e. The normalized spacial score (nSPS) is 25.1. The van der Waals surface area contributed by atoms with E-state index in [4.69, 9.17) is 4.74 Å². The molecule has 3 nitrogen and oxygen atoms in total. The summed E-state index contributed by atoms with van der Waals surface area (Å²) in [6.07, 6.45) is 0.926. The Morgan fingerprint density at radius 2 is 1.75 bits per heavy atom. The van der Waals surface area contributed by atoms with Crippen LogP contribution in [-0.4, -0.2) is 35.6 Å². The molecule has 0 bridgehead atoms. The van der Waals surface area contributed by atoms with E-state index < -0.39 is 0 Å². The Morgan fingerprint density at radius 3 is 2.19 bits per heavy atom. The lowest BCUT2D eigenvalue weighted by atomic mass is 9.83. The van der Waals surface area contributed by atoms with Crippen LogP contribution in [0.2, 0.25) is 0 Å². The summed E-state index contributed by atoms with van der Waals surface area (Å²) >= 11 is 0. The minimum atomic E-state index is -0.144. The summed E-state index contributed by atoms with van der Waals surface area (Å²) in [5.41, 5.74) is -0.0873. The van der Waals surface area contributed by atoms with Crippen molar-refractivity contribution < 1.29 is 9.53 Å². The van der Waals surface area contributed by atoms with Crippen molar-refractivity contribution in [1.29, 1.82) is 0 Å². The van der Waals surface area contributed by atoms with E-state index >= 15 is 0 Å². The standard InChI is InChI=1S/C13H25NO2/c1-12(2,3)10-11(15)16-9-7-8-14(10)13(4,5)6/h10H,7-9H2,1-6H3/t10-/m0/s1. The van der Waals surface area contributed by atoms with E-state index in [1.807, 2.05) is 0 Å². The van der Waals surface area contributed by atoms with Crippen molar-refractivity contribution >= 4 is 5.97 Å². The molecule has 0 aliphatic carbocycles. The topological polar surface area (TPSA) is 29.5 Å². The van der Waals surface area contributed by atoms with E-state index in [0.29, 0.717) is 6.61 Å². The zero-order valence-electron chi connectivity index (χ0n) is 11.5. The lowest BCUT2D eigenvalue weighted by Crippen LogP contribution is -2.56. The molecular weight excluding hydrogens is 202 g/mol. The van der Waals surface area contributed by atoms with E-state index in [9.17, 15) is 4.79 Å². The average Bonchev–Trinajstić information content (AvgIpc) is 2.23. The van der Waals surface area contributed by atoms with Crippen LogP contribution in [0, 0.1) is 5.41 Å². The Bertz CT molecular complexity index is 260. The second-order valence-electron chi connectivity index (χ2n) is 6.65. The summed E-state index contributed by atoms with van der Waals surface area (Å²) in [4.78, 5) is 14.3. The molecule has 0 aromatic rings. The van der Waals surface area contributed by atoms with Crippen molar-refractivity contribution in [3.8, 4) is 0 Å². The van der Waals surface area contributed by atoms with Gasteiger partial charge in [0.15, 0.2) is 0 Å². The number of carbonyl (C=O) groups excluding carboxylic acids is 1. The highest BCUT2D eigenvalue weighted by molar-refractivity contribution is 5.77. The lowest BCUT2D eigenvalue weighted by molar-refractivity contribution is -0.153. The summed E-state index contributed by atoms with van der Waals surface area (Å²) in [5, 5.41) is 0. The SMILES string of the molecule is CC(C)(C)[C@@H]1C(=O)OCCCN1C(C)(C)C. The van der Waals surface area contributed by atoms with Crippen molar-refractivity contribution in [2.24, 2.45) is 5.41 Å². The molecule has 0 spiro atoms. The van der Waals surface area contributed by atoms with E-state index in [1.165, 1.54) is 0 Å². The molecular formula is C13H25NO2. The number of carbonyl (C=O) groups is 1. The van der Waals surface area contributed by atoms with Gasteiger partial charge in [-0.15, -0.1) is 0 Å². The highest BCUT2D eigenvalue weighted by Gasteiger charge is 2.43. The molecule has 1 atom stereocenters. The molecule has 1 saturated heterocycles. The summed E-state index contributed by atoms with van der Waals surface area (Å²) in [5.74, 6) is -0.0695. The Hall–Kier alpha value is -0.570. The molecule has 0 aromatic heterocycles. The van der Waals surface area contributed by atoms with Gasteiger partial charge in [0.1, 0.15) is 6.04 Å². The molecule has 1 fully saturated rings. The first kappa shape index (κ1) is 13.5. The van der Waals surface area contributed by atoms with Gasteiger partial charge in [-0.3, -0.25) is 9.69 Å². The third-order valence-electron chi connectivity index (χ3n) is 3.00. The number of esters is 1. The van der Waals surface area contributed by atoms with Crippen LogP contribution in [0.15, 0.2) is 0 Å². The Kier molecular flexibility index (Phi) is 3.68. The summed E-state index contributed by atoms with van der Waals surface area (Å²) in [6, 6.07) is -0.144. The fraction of sp³-hybridized carbons (Fsp3) is 0.923. The molecule has 0 saturated carbocycles. The molecule has 1 aliphatic heterocycles. The van der Waals surface area contributed by atoms with Gasteiger partial charge in [0.05, 0.1) is 6.61 Å². The van der Waals surface area contributed by atoms with Crippen LogP contribution >= 0.6 is 0 Å². The number of ether oxygens (including phenoxy) is 1. The minimum absolute atomic E-state index is 0.00130. The number of hydrogen-bond acceptors (Lipinski definition) is 3. The van der Waals surface area contributed by atoms with E-state index in [0.717, 1.165) is 13.0 Å². The first-order chi connectivity index (χ1) is 7.14. The molecule has 0 aromatic carbocycles. The van der Waals surface area contributed by atoms with Crippen LogP contribution in [-0.2, 0) is 9.53 Å². The van der Waals surface area contributed by atoms with Crippen molar-refractivity contribution in [3.63, 3.8) is 0 Å². The molecule has 16 heavy (non-hydrogen) atoms.